The molecule has 0 radical (unpaired) electrons. The van der Waals surface area contributed by atoms with Gasteiger partial charge in [-0.05, 0) is 65.2 Å². The second-order valence-electron chi connectivity index (χ2n) is 6.84. The second-order valence-corrected chi connectivity index (χ2v) is 7.93. The van der Waals surface area contributed by atoms with Crippen molar-refractivity contribution >= 4 is 49.0 Å². The highest BCUT2D eigenvalue weighted by molar-refractivity contribution is 7.25. The van der Waals surface area contributed by atoms with E-state index in [2.05, 4.69) is 84.7 Å². The van der Waals surface area contributed by atoms with Gasteiger partial charge in [-0.15, -0.1) is 11.3 Å². The fraction of sp³-hybridized carbons (Fsp3) is 0. The van der Waals surface area contributed by atoms with Crippen LogP contribution < -0.4 is 5.32 Å². The van der Waals surface area contributed by atoms with Crippen LogP contribution in [0.1, 0.15) is 5.56 Å². The van der Waals surface area contributed by atoms with Gasteiger partial charge in [0.15, 0.2) is 0 Å². The Hall–Kier alpha value is -3.36. The molecule has 0 aliphatic rings. The fourth-order valence-electron chi connectivity index (χ4n) is 3.57. The van der Waals surface area contributed by atoms with Crippen LogP contribution in [0.2, 0.25) is 0 Å². The van der Waals surface area contributed by atoms with Crippen molar-refractivity contribution in [1.82, 2.24) is 0 Å². The van der Waals surface area contributed by atoms with Gasteiger partial charge in [-0.3, -0.25) is 0 Å². The molecule has 0 aliphatic carbocycles. The number of hydrogen-bond donors (Lipinski definition) is 1. The summed E-state index contributed by atoms with van der Waals surface area (Å²) in [5.74, 6) is 0. The number of thiophene rings is 1. The molecule has 1 heterocycles. The molecule has 2 heteroatoms. The van der Waals surface area contributed by atoms with Crippen molar-refractivity contribution in [3.05, 3.63) is 103 Å². The summed E-state index contributed by atoms with van der Waals surface area (Å²) >= 11 is 1.84. The fourth-order valence-corrected chi connectivity index (χ4v) is 4.63. The number of para-hydroxylation sites is 1. The zero-order chi connectivity index (χ0) is 18.9. The first kappa shape index (κ1) is 16.8. The molecule has 1 N–H and O–H groups in total. The Morgan fingerprint density at radius 3 is 2.21 bits per heavy atom. The number of hydrogen-bond acceptors (Lipinski definition) is 2. The minimum Gasteiger partial charge on any atom is -0.356 e. The monoisotopic (exact) mass is 377 g/mol. The Kier molecular flexibility index (Phi) is 4.19. The van der Waals surface area contributed by atoms with Gasteiger partial charge in [-0.2, -0.15) is 0 Å². The summed E-state index contributed by atoms with van der Waals surface area (Å²) < 4.78 is 2.63. The van der Waals surface area contributed by atoms with Crippen molar-refractivity contribution in [2.45, 2.75) is 0 Å². The maximum atomic E-state index is 3.89. The molecule has 0 spiro atoms. The molecule has 0 saturated carbocycles. The summed E-state index contributed by atoms with van der Waals surface area (Å²) in [5.41, 5.74) is 5.80. The van der Waals surface area contributed by atoms with Crippen LogP contribution in [0.5, 0.6) is 0 Å². The highest BCUT2D eigenvalue weighted by Crippen LogP contribution is 2.38. The Morgan fingerprint density at radius 1 is 0.643 bits per heavy atom. The van der Waals surface area contributed by atoms with Crippen LogP contribution in [0.15, 0.2) is 97.6 Å². The summed E-state index contributed by atoms with van der Waals surface area (Å²) in [6.45, 7) is 3.89. The topological polar surface area (TPSA) is 12.0 Å². The zero-order valence-corrected chi connectivity index (χ0v) is 16.2. The van der Waals surface area contributed by atoms with E-state index in [0.29, 0.717) is 0 Å². The molecule has 0 amide bonds. The van der Waals surface area contributed by atoms with Crippen LogP contribution in [0, 0.1) is 0 Å². The van der Waals surface area contributed by atoms with E-state index in [0.717, 1.165) is 16.9 Å². The Balaban J connectivity index is 1.61. The third kappa shape index (κ3) is 3.08. The van der Waals surface area contributed by atoms with Crippen LogP contribution in [-0.2, 0) is 0 Å². The number of anilines is 2. The summed E-state index contributed by atoms with van der Waals surface area (Å²) in [6, 6.07) is 32.2. The average Bonchev–Trinajstić information content (AvgIpc) is 3.12. The number of fused-ring (bicyclic) bond motifs is 3. The molecule has 1 nitrogen and oxygen atoms in total. The standard InChI is InChI=1S/C26H19NS/c1-2-18-7-6-8-19(15-18)20-11-13-25-23(16-20)24-17-22(12-14-26(24)28-25)27-21-9-4-3-5-10-21/h2-17,27H,1H2. The lowest BCUT2D eigenvalue weighted by Gasteiger charge is -2.07. The second kappa shape index (κ2) is 6.99. The minimum absolute atomic E-state index is 1.10. The highest BCUT2D eigenvalue weighted by atomic mass is 32.1. The van der Waals surface area contributed by atoms with Crippen molar-refractivity contribution in [2.24, 2.45) is 0 Å². The molecule has 5 rings (SSSR count). The van der Waals surface area contributed by atoms with Crippen molar-refractivity contribution in [3.8, 4) is 11.1 Å². The maximum Gasteiger partial charge on any atom is 0.0391 e. The van der Waals surface area contributed by atoms with E-state index in [1.165, 1.54) is 31.3 Å². The third-order valence-corrected chi connectivity index (χ3v) is 6.14. The van der Waals surface area contributed by atoms with E-state index in [1.807, 2.05) is 35.6 Å². The lowest BCUT2D eigenvalue weighted by molar-refractivity contribution is 1.57. The van der Waals surface area contributed by atoms with Crippen LogP contribution in [0.3, 0.4) is 0 Å². The van der Waals surface area contributed by atoms with Gasteiger partial charge in [0.25, 0.3) is 0 Å². The molecule has 134 valence electrons. The molecule has 0 bridgehead atoms. The van der Waals surface area contributed by atoms with Gasteiger partial charge < -0.3 is 5.32 Å². The lowest BCUT2D eigenvalue weighted by Crippen LogP contribution is -1.88. The largest absolute Gasteiger partial charge is 0.356 e. The van der Waals surface area contributed by atoms with E-state index in [4.69, 9.17) is 0 Å². The molecule has 1 aromatic heterocycles. The van der Waals surface area contributed by atoms with Gasteiger partial charge in [-0.1, -0.05) is 55.1 Å². The molecule has 28 heavy (non-hydrogen) atoms. The predicted octanol–water partition coefficient (Wildman–Crippen LogP) is 8.11. The van der Waals surface area contributed by atoms with Gasteiger partial charge in [0, 0.05) is 31.5 Å². The molecule has 0 saturated heterocycles. The molecule has 0 aliphatic heterocycles. The van der Waals surface area contributed by atoms with Crippen LogP contribution in [-0.4, -0.2) is 0 Å². The molecule has 0 atom stereocenters. The first-order valence-corrected chi connectivity index (χ1v) is 10.1. The van der Waals surface area contributed by atoms with Gasteiger partial charge in [0.05, 0.1) is 0 Å². The van der Waals surface area contributed by atoms with Gasteiger partial charge in [-0.25, -0.2) is 0 Å². The maximum absolute atomic E-state index is 3.89. The Morgan fingerprint density at radius 2 is 1.39 bits per heavy atom. The van der Waals surface area contributed by atoms with Crippen molar-refractivity contribution in [1.29, 1.82) is 0 Å². The van der Waals surface area contributed by atoms with Gasteiger partial charge in [0.1, 0.15) is 0 Å². The molecule has 0 fully saturated rings. The highest BCUT2D eigenvalue weighted by Gasteiger charge is 2.08. The summed E-state index contributed by atoms with van der Waals surface area (Å²) in [4.78, 5) is 0. The first-order chi connectivity index (χ1) is 13.8. The summed E-state index contributed by atoms with van der Waals surface area (Å²) in [5, 5.41) is 6.10. The van der Waals surface area contributed by atoms with Crippen LogP contribution in [0.4, 0.5) is 11.4 Å². The Labute approximate surface area is 168 Å². The van der Waals surface area contributed by atoms with Gasteiger partial charge >= 0.3 is 0 Å². The molecule has 4 aromatic carbocycles. The zero-order valence-electron chi connectivity index (χ0n) is 15.4. The number of nitrogens with one attached hydrogen (secondary N) is 1. The summed E-state index contributed by atoms with van der Waals surface area (Å²) in [6.07, 6.45) is 1.89. The van der Waals surface area contributed by atoms with Crippen LogP contribution in [0.25, 0.3) is 37.4 Å². The minimum atomic E-state index is 1.10. The molecular weight excluding hydrogens is 358 g/mol. The third-order valence-electron chi connectivity index (χ3n) is 4.99. The van der Waals surface area contributed by atoms with Crippen molar-refractivity contribution in [3.63, 3.8) is 0 Å². The van der Waals surface area contributed by atoms with E-state index in [9.17, 15) is 0 Å². The van der Waals surface area contributed by atoms with Gasteiger partial charge in [0.2, 0.25) is 0 Å². The van der Waals surface area contributed by atoms with E-state index in [1.54, 1.807) is 0 Å². The molecule has 0 unspecified atom stereocenters. The quantitative estimate of drug-likeness (QED) is 0.333. The molecule has 5 aromatic rings. The summed E-state index contributed by atoms with van der Waals surface area (Å²) in [7, 11) is 0. The molecular formula is C26H19NS. The predicted molar refractivity (Wildman–Crippen MR) is 125 cm³/mol. The smallest absolute Gasteiger partial charge is 0.0391 e. The number of benzene rings is 4. The van der Waals surface area contributed by atoms with Crippen molar-refractivity contribution in [2.75, 3.05) is 5.32 Å². The Bertz CT molecular complexity index is 1300. The SMILES string of the molecule is C=Cc1cccc(-c2ccc3sc4ccc(Nc5ccccc5)cc4c3c2)c1. The van der Waals surface area contributed by atoms with Crippen LogP contribution >= 0.6 is 11.3 Å². The van der Waals surface area contributed by atoms with E-state index < -0.39 is 0 Å². The van der Waals surface area contributed by atoms with E-state index in [-0.39, 0.29) is 0 Å². The normalized spacial score (nSPS) is 11.0. The average molecular weight is 378 g/mol. The first-order valence-electron chi connectivity index (χ1n) is 9.31. The number of rotatable bonds is 4. The lowest BCUT2D eigenvalue weighted by atomic mass is 10.0. The van der Waals surface area contributed by atoms with E-state index >= 15 is 0 Å². The van der Waals surface area contributed by atoms with Crippen molar-refractivity contribution < 1.29 is 0 Å².